The molecule has 0 aromatic heterocycles. The average Bonchev–Trinajstić information content (AvgIpc) is 2.24. The second kappa shape index (κ2) is 3.53. The van der Waals surface area contributed by atoms with Crippen LogP contribution in [0.1, 0.15) is 39.5 Å². The first-order valence-electron chi connectivity index (χ1n) is 5.73. The van der Waals surface area contributed by atoms with Gasteiger partial charge in [0.15, 0.2) is 0 Å². The van der Waals surface area contributed by atoms with Crippen molar-refractivity contribution in [2.24, 2.45) is 17.3 Å². The zero-order valence-electron chi connectivity index (χ0n) is 9.64. The number of Topliss-reactive ketones (excluding diaryl/α,β-unsaturated/α-hetero) is 1. The van der Waals surface area contributed by atoms with Gasteiger partial charge in [0.2, 0.25) is 0 Å². The van der Waals surface area contributed by atoms with Crippen molar-refractivity contribution in [3.63, 3.8) is 0 Å². The molecule has 0 spiro atoms. The molecular weight excluding hydrogens is 228 g/mol. The molecule has 5 heteroatoms. The number of fused-ring (bicyclic) bond motifs is 2. The Balaban J connectivity index is 2.46. The van der Waals surface area contributed by atoms with Gasteiger partial charge in [-0.15, -0.1) is 0 Å². The maximum absolute atomic E-state index is 11.9. The van der Waals surface area contributed by atoms with Crippen LogP contribution in [0.25, 0.3) is 0 Å². The van der Waals surface area contributed by atoms with Gasteiger partial charge in [-0.1, -0.05) is 20.3 Å². The van der Waals surface area contributed by atoms with Crippen LogP contribution in [0.2, 0.25) is 0 Å². The summed E-state index contributed by atoms with van der Waals surface area (Å²) in [6.45, 7) is 3.91. The smallest absolute Gasteiger partial charge is 0.268 e. The molecule has 0 saturated heterocycles. The van der Waals surface area contributed by atoms with Crippen LogP contribution in [-0.4, -0.2) is 24.0 Å². The van der Waals surface area contributed by atoms with E-state index in [1.807, 2.05) is 13.8 Å². The van der Waals surface area contributed by atoms with Gasteiger partial charge in [0.25, 0.3) is 10.1 Å². The standard InChI is InChI=1S/C11H18O4S/c1-11(2)7-4-3-5-9(16(13,14)15)10(11)8(12)6-7/h7,9-10H,3-6H2,1-2H3,(H,13,14,15)/t7?,9?,10-/m1/s1. The summed E-state index contributed by atoms with van der Waals surface area (Å²) in [6.07, 6.45) is 2.56. The minimum Gasteiger partial charge on any atom is -0.299 e. The third-order valence-electron chi connectivity index (χ3n) is 4.44. The summed E-state index contributed by atoms with van der Waals surface area (Å²) in [5.41, 5.74) is -0.298. The van der Waals surface area contributed by atoms with Gasteiger partial charge in [0.05, 0.1) is 5.25 Å². The number of hydrogen-bond acceptors (Lipinski definition) is 3. The van der Waals surface area contributed by atoms with E-state index >= 15 is 0 Å². The van der Waals surface area contributed by atoms with E-state index in [9.17, 15) is 17.8 Å². The lowest BCUT2D eigenvalue weighted by Crippen LogP contribution is -2.39. The van der Waals surface area contributed by atoms with Gasteiger partial charge < -0.3 is 0 Å². The summed E-state index contributed by atoms with van der Waals surface area (Å²) in [6, 6.07) is 0. The molecule has 2 rings (SSSR count). The largest absolute Gasteiger partial charge is 0.299 e. The van der Waals surface area contributed by atoms with Gasteiger partial charge in [-0.05, 0) is 24.2 Å². The fraction of sp³-hybridized carbons (Fsp3) is 0.909. The zero-order valence-corrected chi connectivity index (χ0v) is 10.5. The summed E-state index contributed by atoms with van der Waals surface area (Å²) in [5, 5.41) is -0.887. The predicted octanol–water partition coefficient (Wildman–Crippen LogP) is 1.66. The third-order valence-corrected chi connectivity index (χ3v) is 5.72. The van der Waals surface area contributed by atoms with Crippen molar-refractivity contribution in [1.82, 2.24) is 0 Å². The number of carbonyl (C=O) groups is 1. The molecular formula is C11H18O4S. The molecule has 16 heavy (non-hydrogen) atoms. The van der Waals surface area contributed by atoms with Crippen molar-refractivity contribution in [1.29, 1.82) is 0 Å². The Morgan fingerprint density at radius 2 is 1.94 bits per heavy atom. The Morgan fingerprint density at radius 3 is 2.50 bits per heavy atom. The maximum Gasteiger partial charge on any atom is 0.268 e. The first-order valence-corrected chi connectivity index (χ1v) is 7.24. The fourth-order valence-electron chi connectivity index (χ4n) is 3.52. The Morgan fingerprint density at radius 1 is 1.31 bits per heavy atom. The molecule has 0 amide bonds. The lowest BCUT2D eigenvalue weighted by molar-refractivity contribution is -0.122. The molecule has 2 unspecified atom stereocenters. The predicted molar refractivity (Wildman–Crippen MR) is 59.6 cm³/mol. The van der Waals surface area contributed by atoms with Crippen LogP contribution in [0.3, 0.4) is 0 Å². The van der Waals surface area contributed by atoms with Gasteiger partial charge in [-0.2, -0.15) is 8.42 Å². The molecule has 1 N–H and O–H groups in total. The summed E-state index contributed by atoms with van der Waals surface area (Å²) < 4.78 is 32.0. The molecule has 2 aliphatic rings. The Hall–Kier alpha value is -0.420. The van der Waals surface area contributed by atoms with Gasteiger partial charge in [-0.25, -0.2) is 0 Å². The van der Waals surface area contributed by atoms with Crippen molar-refractivity contribution in [3.8, 4) is 0 Å². The molecule has 0 heterocycles. The Kier molecular flexibility index (Phi) is 2.66. The summed E-state index contributed by atoms with van der Waals surface area (Å²) in [4.78, 5) is 11.9. The first kappa shape index (κ1) is 12.0. The topological polar surface area (TPSA) is 71.4 Å². The van der Waals surface area contributed by atoms with Crippen molar-refractivity contribution >= 4 is 15.9 Å². The molecule has 2 bridgehead atoms. The van der Waals surface area contributed by atoms with E-state index in [1.54, 1.807) is 0 Å². The highest BCUT2D eigenvalue weighted by atomic mass is 32.2. The summed E-state index contributed by atoms with van der Waals surface area (Å²) >= 11 is 0. The minimum absolute atomic E-state index is 0.0114. The van der Waals surface area contributed by atoms with E-state index in [0.29, 0.717) is 12.8 Å². The van der Waals surface area contributed by atoms with Crippen LogP contribution < -0.4 is 0 Å². The molecule has 0 aromatic rings. The first-order chi connectivity index (χ1) is 7.24. The highest BCUT2D eigenvalue weighted by Crippen LogP contribution is 2.53. The molecule has 0 radical (unpaired) electrons. The number of hydrogen-bond donors (Lipinski definition) is 1. The molecule has 0 aliphatic heterocycles. The molecule has 2 fully saturated rings. The van der Waals surface area contributed by atoms with Crippen LogP contribution in [0.15, 0.2) is 0 Å². The lowest BCUT2D eigenvalue weighted by atomic mass is 9.74. The molecule has 2 aliphatic carbocycles. The van der Waals surface area contributed by atoms with E-state index in [4.69, 9.17) is 0 Å². The van der Waals surface area contributed by atoms with E-state index in [-0.39, 0.29) is 17.1 Å². The molecule has 92 valence electrons. The molecule has 3 atom stereocenters. The number of rotatable bonds is 1. The SMILES string of the molecule is CC1(C)C2CCCC(S(=O)(=O)O)[C@H]1C(=O)C2. The van der Waals surface area contributed by atoms with Crippen LogP contribution >= 0.6 is 0 Å². The molecule has 0 aromatic carbocycles. The normalized spacial score (nSPS) is 38.4. The molecule has 4 nitrogen and oxygen atoms in total. The third kappa shape index (κ3) is 1.70. The van der Waals surface area contributed by atoms with Crippen molar-refractivity contribution in [3.05, 3.63) is 0 Å². The van der Waals surface area contributed by atoms with Gasteiger partial charge in [0, 0.05) is 12.3 Å². The van der Waals surface area contributed by atoms with E-state index in [0.717, 1.165) is 12.8 Å². The second-order valence-corrected chi connectivity index (χ2v) is 7.29. The minimum atomic E-state index is -4.11. The second-order valence-electron chi connectivity index (χ2n) is 5.65. The summed E-state index contributed by atoms with van der Waals surface area (Å²) in [7, 11) is -4.11. The Bertz CT molecular complexity index is 410. The summed E-state index contributed by atoms with van der Waals surface area (Å²) in [5.74, 6) is -0.232. The highest BCUT2D eigenvalue weighted by Gasteiger charge is 2.55. The fourth-order valence-corrected chi connectivity index (χ4v) is 4.83. The monoisotopic (exact) mass is 246 g/mol. The maximum atomic E-state index is 11.9. The van der Waals surface area contributed by atoms with E-state index < -0.39 is 21.3 Å². The van der Waals surface area contributed by atoms with Gasteiger partial charge >= 0.3 is 0 Å². The van der Waals surface area contributed by atoms with Crippen molar-refractivity contribution < 1.29 is 17.8 Å². The number of ketones is 1. The lowest BCUT2D eigenvalue weighted by Gasteiger charge is -2.32. The van der Waals surface area contributed by atoms with E-state index in [1.165, 1.54) is 0 Å². The van der Waals surface area contributed by atoms with Crippen molar-refractivity contribution in [2.75, 3.05) is 0 Å². The van der Waals surface area contributed by atoms with Gasteiger partial charge in [0.1, 0.15) is 5.78 Å². The zero-order chi connectivity index (χ0) is 12.1. The van der Waals surface area contributed by atoms with E-state index in [2.05, 4.69) is 0 Å². The highest BCUT2D eigenvalue weighted by molar-refractivity contribution is 7.86. The van der Waals surface area contributed by atoms with Crippen LogP contribution in [0.4, 0.5) is 0 Å². The van der Waals surface area contributed by atoms with Gasteiger partial charge in [-0.3, -0.25) is 9.35 Å². The average molecular weight is 246 g/mol. The number of carbonyl (C=O) groups excluding carboxylic acids is 1. The quantitative estimate of drug-likeness (QED) is 0.714. The van der Waals surface area contributed by atoms with Crippen LogP contribution in [0, 0.1) is 17.3 Å². The molecule has 2 saturated carbocycles. The van der Waals surface area contributed by atoms with Crippen LogP contribution in [-0.2, 0) is 14.9 Å². The Labute approximate surface area is 96.2 Å². The van der Waals surface area contributed by atoms with Crippen LogP contribution in [0.5, 0.6) is 0 Å². The van der Waals surface area contributed by atoms with Crippen molar-refractivity contribution in [2.45, 2.75) is 44.8 Å².